The van der Waals surface area contributed by atoms with E-state index in [4.69, 9.17) is 12.2 Å². The predicted molar refractivity (Wildman–Crippen MR) is 86.4 cm³/mol. The van der Waals surface area contributed by atoms with Crippen LogP contribution >= 0.6 is 12.2 Å². The van der Waals surface area contributed by atoms with Crippen molar-refractivity contribution in [1.82, 2.24) is 25.1 Å². The van der Waals surface area contributed by atoms with Gasteiger partial charge in [-0.2, -0.15) is 20.0 Å². The molecule has 0 unspecified atom stereocenters. The number of aromatic amines is 2. The monoisotopic (exact) mass is 328 g/mol. The summed E-state index contributed by atoms with van der Waals surface area (Å²) in [4.78, 5) is 0. The van der Waals surface area contributed by atoms with E-state index in [-0.39, 0.29) is 5.82 Å². The van der Waals surface area contributed by atoms with Crippen LogP contribution < -0.4 is 0 Å². The summed E-state index contributed by atoms with van der Waals surface area (Å²) < 4.78 is 15.5. The number of aryl methyl sites for hydroxylation is 1. The summed E-state index contributed by atoms with van der Waals surface area (Å²) in [5.41, 5.74) is 3.42. The first-order chi connectivity index (χ1) is 11.2. The number of aromatic nitrogens is 5. The molecule has 0 bridgehead atoms. The molecule has 0 aliphatic heterocycles. The summed E-state index contributed by atoms with van der Waals surface area (Å²) in [6.45, 7) is 0. The molecule has 0 radical (unpaired) electrons. The number of benzene rings is 1. The van der Waals surface area contributed by atoms with Gasteiger partial charge in [-0.3, -0.25) is 5.10 Å². The van der Waals surface area contributed by atoms with Gasteiger partial charge >= 0.3 is 0 Å². The second kappa shape index (κ2) is 5.54. The average molecular weight is 328 g/mol. The Kier molecular flexibility index (Phi) is 3.38. The zero-order valence-electron chi connectivity index (χ0n) is 12.1. The van der Waals surface area contributed by atoms with Crippen molar-refractivity contribution in [2.24, 2.45) is 5.10 Å². The molecule has 1 aliphatic rings. The third-order valence-electron chi connectivity index (χ3n) is 3.89. The summed E-state index contributed by atoms with van der Waals surface area (Å²) in [5.74, 6) is 0.190. The molecule has 23 heavy (non-hydrogen) atoms. The van der Waals surface area contributed by atoms with Crippen molar-refractivity contribution < 1.29 is 4.39 Å². The van der Waals surface area contributed by atoms with Gasteiger partial charge in [0, 0.05) is 16.8 Å². The van der Waals surface area contributed by atoms with E-state index in [1.807, 2.05) is 0 Å². The average Bonchev–Trinajstić information content (AvgIpc) is 3.23. The van der Waals surface area contributed by atoms with E-state index in [1.54, 1.807) is 18.2 Å². The van der Waals surface area contributed by atoms with Crippen molar-refractivity contribution in [2.75, 3.05) is 0 Å². The highest BCUT2D eigenvalue weighted by molar-refractivity contribution is 7.71. The Bertz CT molecular complexity index is 951. The summed E-state index contributed by atoms with van der Waals surface area (Å²) >= 11 is 5.22. The summed E-state index contributed by atoms with van der Waals surface area (Å²) in [5, 5.41) is 18.6. The van der Waals surface area contributed by atoms with Gasteiger partial charge in [-0.25, -0.2) is 9.49 Å². The molecule has 0 saturated carbocycles. The standard InChI is InChI=1S/C15H13FN6S/c16-11-6-2-1-4-9(11)8-17-22-14(20-21-15(22)23)13-10-5-3-7-12(10)18-19-13/h1-2,4,6,8H,3,5,7H2,(H,18,19)(H,21,23)/b17-8+. The van der Waals surface area contributed by atoms with Gasteiger partial charge in [-0.05, 0) is 37.5 Å². The topological polar surface area (TPSA) is 74.7 Å². The molecule has 1 aliphatic carbocycles. The van der Waals surface area contributed by atoms with Gasteiger partial charge in [-0.1, -0.05) is 18.2 Å². The molecule has 2 N–H and O–H groups in total. The Morgan fingerprint density at radius 1 is 1.22 bits per heavy atom. The second-order valence-corrected chi connectivity index (χ2v) is 5.70. The van der Waals surface area contributed by atoms with E-state index >= 15 is 0 Å². The Hall–Kier alpha value is -2.61. The lowest BCUT2D eigenvalue weighted by molar-refractivity contribution is 0.625. The fourth-order valence-corrected chi connectivity index (χ4v) is 2.94. The van der Waals surface area contributed by atoms with Crippen molar-refractivity contribution in [3.63, 3.8) is 0 Å². The first kappa shape index (κ1) is 14.0. The molecule has 116 valence electrons. The first-order valence-corrected chi connectivity index (χ1v) is 7.67. The van der Waals surface area contributed by atoms with Gasteiger partial charge in [0.2, 0.25) is 10.6 Å². The third-order valence-corrected chi connectivity index (χ3v) is 4.15. The molecule has 8 heteroatoms. The molecule has 4 rings (SSSR count). The normalized spacial score (nSPS) is 13.8. The Morgan fingerprint density at radius 3 is 2.96 bits per heavy atom. The minimum absolute atomic E-state index is 0.335. The quantitative estimate of drug-likeness (QED) is 0.573. The Labute approximate surface area is 136 Å². The van der Waals surface area contributed by atoms with Crippen LogP contribution in [-0.2, 0) is 12.8 Å². The molecule has 6 nitrogen and oxygen atoms in total. The molecule has 0 fully saturated rings. The molecule has 0 spiro atoms. The van der Waals surface area contributed by atoms with E-state index in [0.717, 1.165) is 36.2 Å². The zero-order chi connectivity index (χ0) is 15.8. The number of hydrogen-bond donors (Lipinski definition) is 2. The molecule has 1 aromatic carbocycles. The van der Waals surface area contributed by atoms with Crippen LogP contribution in [0.25, 0.3) is 11.5 Å². The van der Waals surface area contributed by atoms with E-state index in [9.17, 15) is 4.39 Å². The lowest BCUT2D eigenvalue weighted by Gasteiger charge is -2.00. The van der Waals surface area contributed by atoms with Gasteiger partial charge in [-0.15, -0.1) is 0 Å². The van der Waals surface area contributed by atoms with E-state index < -0.39 is 0 Å². The SMILES string of the molecule is Fc1ccccc1/C=N/n1c(-c2n[nH]c3c2CCC3)n[nH]c1=S. The van der Waals surface area contributed by atoms with Crippen LogP contribution in [0.2, 0.25) is 0 Å². The maximum absolute atomic E-state index is 13.7. The molecule has 2 heterocycles. The number of H-pyrrole nitrogens is 2. The molecule has 0 saturated heterocycles. The number of nitrogens with zero attached hydrogens (tertiary/aromatic N) is 4. The molecular formula is C15H13FN6S. The van der Waals surface area contributed by atoms with Crippen LogP contribution in [-0.4, -0.2) is 31.3 Å². The Morgan fingerprint density at radius 2 is 2.09 bits per heavy atom. The summed E-state index contributed by atoms with van der Waals surface area (Å²) in [6.07, 6.45) is 4.47. The predicted octanol–water partition coefficient (Wildman–Crippen LogP) is 2.84. The van der Waals surface area contributed by atoms with Crippen molar-refractivity contribution in [3.05, 3.63) is 51.7 Å². The van der Waals surface area contributed by atoms with Crippen molar-refractivity contribution in [1.29, 1.82) is 0 Å². The first-order valence-electron chi connectivity index (χ1n) is 7.27. The maximum atomic E-state index is 13.7. The third kappa shape index (κ3) is 2.40. The van der Waals surface area contributed by atoms with E-state index in [0.29, 0.717) is 16.2 Å². The van der Waals surface area contributed by atoms with Gasteiger partial charge in [0.05, 0.1) is 6.21 Å². The summed E-state index contributed by atoms with van der Waals surface area (Å²) in [7, 11) is 0. The highest BCUT2D eigenvalue weighted by atomic mass is 32.1. The van der Waals surface area contributed by atoms with Gasteiger partial charge in [0.15, 0.2) is 0 Å². The zero-order valence-corrected chi connectivity index (χ0v) is 12.9. The number of halogens is 1. The highest BCUT2D eigenvalue weighted by Crippen LogP contribution is 2.29. The van der Waals surface area contributed by atoms with Crippen molar-refractivity contribution in [3.8, 4) is 11.5 Å². The Balaban J connectivity index is 1.77. The fraction of sp³-hybridized carbons (Fsp3) is 0.200. The van der Waals surface area contributed by atoms with Crippen LogP contribution in [0.4, 0.5) is 4.39 Å². The van der Waals surface area contributed by atoms with E-state index in [1.165, 1.54) is 17.0 Å². The second-order valence-electron chi connectivity index (χ2n) is 5.31. The minimum atomic E-state index is -0.339. The molecule has 0 amide bonds. The highest BCUT2D eigenvalue weighted by Gasteiger charge is 2.23. The van der Waals surface area contributed by atoms with E-state index in [2.05, 4.69) is 25.5 Å². The lowest BCUT2D eigenvalue weighted by atomic mass is 10.2. The molecule has 3 aromatic rings. The number of nitrogens with one attached hydrogen (secondary N) is 2. The van der Waals surface area contributed by atoms with Gasteiger partial charge in [0.25, 0.3) is 0 Å². The number of hydrogen-bond acceptors (Lipinski definition) is 4. The lowest BCUT2D eigenvalue weighted by Crippen LogP contribution is -1.98. The van der Waals surface area contributed by atoms with Crippen LogP contribution in [0.15, 0.2) is 29.4 Å². The molecular weight excluding hydrogens is 315 g/mol. The van der Waals surface area contributed by atoms with Crippen LogP contribution in [0.5, 0.6) is 0 Å². The van der Waals surface area contributed by atoms with Crippen LogP contribution in [0.3, 0.4) is 0 Å². The molecule has 0 atom stereocenters. The van der Waals surface area contributed by atoms with Crippen LogP contribution in [0, 0.1) is 10.6 Å². The van der Waals surface area contributed by atoms with Crippen molar-refractivity contribution >= 4 is 18.4 Å². The minimum Gasteiger partial charge on any atom is -0.282 e. The summed E-state index contributed by atoms with van der Waals surface area (Å²) in [6, 6.07) is 6.42. The smallest absolute Gasteiger partial charge is 0.216 e. The van der Waals surface area contributed by atoms with Crippen molar-refractivity contribution in [2.45, 2.75) is 19.3 Å². The number of fused-ring (bicyclic) bond motifs is 1. The number of rotatable bonds is 3. The van der Waals surface area contributed by atoms with Gasteiger partial charge in [0.1, 0.15) is 11.5 Å². The fourth-order valence-electron chi connectivity index (χ4n) is 2.76. The van der Waals surface area contributed by atoms with Gasteiger partial charge < -0.3 is 0 Å². The largest absolute Gasteiger partial charge is 0.282 e. The van der Waals surface area contributed by atoms with Crippen LogP contribution in [0.1, 0.15) is 23.2 Å². The maximum Gasteiger partial charge on any atom is 0.216 e. The molecule has 2 aromatic heterocycles.